The lowest BCUT2D eigenvalue weighted by atomic mass is 10.0. The maximum atomic E-state index is 8.66. The number of aromatic amines is 1. The smallest absolute Gasteiger partial charge is 0.154 e. The first-order valence-electron chi connectivity index (χ1n) is 13.2. The standard InChI is InChI=1S/C36H28N3P/c37-35(39-36-34(17-10-26-38-36)29-11-4-1-5-12-29)30-20-18-27(19-21-30)28-22-24-33(25-23-28)40(31-13-6-2-7-14-31)32-15-8-3-9-16-32/h1-26H,(H2,37,38,39). The Kier molecular flexibility index (Phi) is 7.57. The highest BCUT2D eigenvalue weighted by atomic mass is 31.1. The third kappa shape index (κ3) is 5.61. The predicted octanol–water partition coefficient (Wildman–Crippen LogP) is 7.03. The normalized spacial score (nSPS) is 11.5. The van der Waals surface area contributed by atoms with Gasteiger partial charge in [-0.05, 0) is 52.7 Å². The average molecular weight is 534 g/mol. The Labute approximate surface area is 235 Å². The minimum atomic E-state index is -0.629. The van der Waals surface area contributed by atoms with Gasteiger partial charge >= 0.3 is 0 Å². The van der Waals surface area contributed by atoms with Crippen LogP contribution in [-0.4, -0.2) is 10.8 Å². The van der Waals surface area contributed by atoms with E-state index in [1.54, 1.807) is 0 Å². The lowest BCUT2D eigenvalue weighted by Crippen LogP contribution is -2.20. The molecule has 6 rings (SSSR count). The molecule has 1 aromatic heterocycles. The SMILES string of the molecule is N=C(N=c1[nH]cccc1-c1ccccc1)c1ccc(-c2ccc(P(c3ccccc3)c3ccccc3)cc2)cc1. The second-order valence-electron chi connectivity index (χ2n) is 9.39. The number of H-pyrrole nitrogens is 1. The summed E-state index contributed by atoms with van der Waals surface area (Å²) in [6, 6.07) is 52.6. The molecule has 0 atom stereocenters. The van der Waals surface area contributed by atoms with Gasteiger partial charge in [-0.2, -0.15) is 0 Å². The molecule has 0 amide bonds. The Morgan fingerprint density at radius 3 is 1.57 bits per heavy atom. The molecule has 4 heteroatoms. The van der Waals surface area contributed by atoms with Gasteiger partial charge in [0, 0.05) is 17.3 Å². The number of aromatic nitrogens is 1. The lowest BCUT2D eigenvalue weighted by Gasteiger charge is -2.19. The first-order valence-corrected chi connectivity index (χ1v) is 14.6. The summed E-state index contributed by atoms with van der Waals surface area (Å²) in [5.74, 6) is 0.220. The van der Waals surface area contributed by atoms with Gasteiger partial charge in [-0.15, -0.1) is 0 Å². The zero-order valence-electron chi connectivity index (χ0n) is 21.9. The topological polar surface area (TPSA) is 52.0 Å². The zero-order valence-corrected chi connectivity index (χ0v) is 22.8. The van der Waals surface area contributed by atoms with Crippen LogP contribution in [0, 0.1) is 5.41 Å². The molecule has 6 aromatic rings. The van der Waals surface area contributed by atoms with Crippen LogP contribution in [0.2, 0.25) is 0 Å². The van der Waals surface area contributed by atoms with E-state index in [-0.39, 0.29) is 5.84 Å². The van der Waals surface area contributed by atoms with E-state index >= 15 is 0 Å². The number of rotatable bonds is 6. The summed E-state index contributed by atoms with van der Waals surface area (Å²) in [5.41, 5.74) is 5.74. The van der Waals surface area contributed by atoms with Gasteiger partial charge in [0.15, 0.2) is 5.84 Å². The van der Waals surface area contributed by atoms with E-state index in [0.717, 1.165) is 27.8 Å². The van der Waals surface area contributed by atoms with Gasteiger partial charge in [0.25, 0.3) is 0 Å². The molecule has 0 saturated heterocycles. The Morgan fingerprint density at radius 1 is 0.500 bits per heavy atom. The van der Waals surface area contributed by atoms with Gasteiger partial charge in [-0.3, -0.25) is 5.41 Å². The number of hydrogen-bond donors (Lipinski definition) is 2. The summed E-state index contributed by atoms with van der Waals surface area (Å²) < 4.78 is 0. The third-order valence-corrected chi connectivity index (χ3v) is 9.23. The Balaban J connectivity index is 1.25. The van der Waals surface area contributed by atoms with E-state index in [0.29, 0.717) is 5.49 Å². The third-order valence-electron chi connectivity index (χ3n) is 6.79. The maximum Gasteiger partial charge on any atom is 0.154 e. The number of pyridine rings is 1. The second-order valence-corrected chi connectivity index (χ2v) is 11.6. The Morgan fingerprint density at radius 2 is 1.00 bits per heavy atom. The van der Waals surface area contributed by atoms with E-state index in [1.165, 1.54) is 15.9 Å². The van der Waals surface area contributed by atoms with Crippen molar-refractivity contribution in [2.24, 2.45) is 4.99 Å². The van der Waals surface area contributed by atoms with Crippen molar-refractivity contribution in [3.05, 3.63) is 169 Å². The number of nitrogens with one attached hydrogen (secondary N) is 2. The van der Waals surface area contributed by atoms with E-state index < -0.39 is 7.92 Å². The van der Waals surface area contributed by atoms with Crippen LogP contribution in [-0.2, 0) is 0 Å². The molecule has 0 aliphatic heterocycles. The summed E-state index contributed by atoms with van der Waals surface area (Å²) in [6.07, 6.45) is 1.84. The molecule has 0 aliphatic rings. The van der Waals surface area contributed by atoms with Gasteiger partial charge in [-0.1, -0.05) is 140 Å². The fourth-order valence-electron chi connectivity index (χ4n) is 4.77. The van der Waals surface area contributed by atoms with E-state index in [9.17, 15) is 0 Å². The van der Waals surface area contributed by atoms with Crippen LogP contribution >= 0.6 is 7.92 Å². The average Bonchev–Trinajstić information content (AvgIpc) is 3.03. The van der Waals surface area contributed by atoms with Crippen molar-refractivity contribution >= 4 is 29.7 Å². The fourth-order valence-corrected chi connectivity index (χ4v) is 7.05. The molecule has 40 heavy (non-hydrogen) atoms. The van der Waals surface area contributed by atoms with Crippen molar-refractivity contribution in [2.45, 2.75) is 0 Å². The van der Waals surface area contributed by atoms with E-state index in [4.69, 9.17) is 5.41 Å². The highest BCUT2D eigenvalue weighted by Gasteiger charge is 2.16. The van der Waals surface area contributed by atoms with Crippen LogP contribution < -0.4 is 21.4 Å². The molecule has 192 valence electrons. The number of nitrogens with zero attached hydrogens (tertiary/aromatic N) is 1. The van der Waals surface area contributed by atoms with Gasteiger partial charge in [0.2, 0.25) is 0 Å². The maximum absolute atomic E-state index is 8.66. The summed E-state index contributed by atoms with van der Waals surface area (Å²) in [5, 5.41) is 12.7. The van der Waals surface area contributed by atoms with E-state index in [2.05, 4.69) is 119 Å². The molecule has 0 unspecified atom stereocenters. The highest BCUT2D eigenvalue weighted by molar-refractivity contribution is 7.79. The Hall–Kier alpha value is -4.85. The van der Waals surface area contributed by atoms with Crippen molar-refractivity contribution in [1.29, 1.82) is 5.41 Å². The highest BCUT2D eigenvalue weighted by Crippen LogP contribution is 2.33. The largest absolute Gasteiger partial charge is 0.346 e. The molecular weight excluding hydrogens is 505 g/mol. The molecule has 0 bridgehead atoms. The van der Waals surface area contributed by atoms with Crippen LogP contribution in [0.25, 0.3) is 22.3 Å². The number of benzene rings is 5. The molecule has 3 nitrogen and oxygen atoms in total. The minimum absolute atomic E-state index is 0.220. The van der Waals surface area contributed by atoms with Crippen LogP contribution in [0.3, 0.4) is 0 Å². The van der Waals surface area contributed by atoms with Gasteiger partial charge in [0.1, 0.15) is 5.49 Å². The molecule has 0 saturated carbocycles. The monoisotopic (exact) mass is 533 g/mol. The lowest BCUT2D eigenvalue weighted by molar-refractivity contribution is 1.16. The fraction of sp³-hybridized carbons (Fsp3) is 0. The first kappa shape index (κ1) is 25.4. The summed E-state index contributed by atoms with van der Waals surface area (Å²) >= 11 is 0. The summed E-state index contributed by atoms with van der Waals surface area (Å²) in [4.78, 5) is 7.83. The minimum Gasteiger partial charge on any atom is -0.346 e. The van der Waals surface area contributed by atoms with Crippen molar-refractivity contribution in [3.63, 3.8) is 0 Å². The summed E-state index contributed by atoms with van der Waals surface area (Å²) in [7, 11) is -0.629. The van der Waals surface area contributed by atoms with Gasteiger partial charge < -0.3 is 4.98 Å². The molecule has 1 heterocycles. The van der Waals surface area contributed by atoms with Crippen LogP contribution in [0.5, 0.6) is 0 Å². The van der Waals surface area contributed by atoms with Gasteiger partial charge in [-0.25, -0.2) is 4.99 Å². The Bertz CT molecular complexity index is 1740. The number of hydrogen-bond acceptors (Lipinski definition) is 1. The molecule has 0 fully saturated rings. The molecule has 0 radical (unpaired) electrons. The second kappa shape index (κ2) is 11.9. The van der Waals surface area contributed by atoms with Crippen molar-refractivity contribution in [1.82, 2.24) is 4.98 Å². The van der Waals surface area contributed by atoms with Crippen molar-refractivity contribution in [3.8, 4) is 22.3 Å². The summed E-state index contributed by atoms with van der Waals surface area (Å²) in [6.45, 7) is 0. The quantitative estimate of drug-likeness (QED) is 0.131. The van der Waals surface area contributed by atoms with Crippen LogP contribution in [0.15, 0.2) is 163 Å². The predicted molar refractivity (Wildman–Crippen MR) is 169 cm³/mol. The zero-order chi connectivity index (χ0) is 27.1. The van der Waals surface area contributed by atoms with Crippen LogP contribution in [0.4, 0.5) is 0 Å². The van der Waals surface area contributed by atoms with Crippen LogP contribution in [0.1, 0.15) is 5.56 Å². The number of amidine groups is 1. The molecule has 5 aromatic carbocycles. The molecule has 0 spiro atoms. The van der Waals surface area contributed by atoms with E-state index in [1.807, 2.05) is 48.7 Å². The molecule has 0 aliphatic carbocycles. The van der Waals surface area contributed by atoms with Crippen molar-refractivity contribution in [2.75, 3.05) is 0 Å². The first-order chi connectivity index (χ1) is 19.8. The molecular formula is C36H28N3P. The van der Waals surface area contributed by atoms with Crippen molar-refractivity contribution < 1.29 is 0 Å². The van der Waals surface area contributed by atoms with Gasteiger partial charge in [0.05, 0.1) is 0 Å². The molecule has 2 N–H and O–H groups in total.